The first-order valence-electron chi connectivity index (χ1n) is 8.52. The number of nitrogens with zero attached hydrogens (tertiary/aromatic N) is 1. The van der Waals surface area contributed by atoms with Gasteiger partial charge in [-0.3, -0.25) is 9.78 Å². The van der Waals surface area contributed by atoms with Gasteiger partial charge >= 0.3 is 0 Å². The molecule has 0 radical (unpaired) electrons. The maximum atomic E-state index is 12.2. The molecule has 28 heavy (non-hydrogen) atoms. The van der Waals surface area contributed by atoms with E-state index in [0.717, 1.165) is 5.69 Å². The Hall–Kier alpha value is -3.23. The second-order valence-corrected chi connectivity index (χ2v) is 7.58. The average Bonchev–Trinajstić information content (AvgIpc) is 3.19. The molecule has 7 nitrogen and oxygen atoms in total. The van der Waals surface area contributed by atoms with Gasteiger partial charge in [-0.15, -0.1) is 0 Å². The number of rotatable bonds is 8. The number of nitrogens with one attached hydrogen (secondary N) is 2. The zero-order valence-corrected chi connectivity index (χ0v) is 15.7. The Labute approximate surface area is 163 Å². The number of sulfonamides is 1. The predicted molar refractivity (Wildman–Crippen MR) is 104 cm³/mol. The Kier molecular flexibility index (Phi) is 6.36. The van der Waals surface area contributed by atoms with Crippen molar-refractivity contribution in [3.05, 3.63) is 90.2 Å². The monoisotopic (exact) mass is 397 g/mol. The van der Waals surface area contributed by atoms with Gasteiger partial charge < -0.3 is 9.73 Å². The molecule has 0 bridgehead atoms. The van der Waals surface area contributed by atoms with Crippen molar-refractivity contribution < 1.29 is 17.6 Å². The average molecular weight is 397 g/mol. The molecule has 0 saturated heterocycles. The van der Waals surface area contributed by atoms with Crippen molar-refractivity contribution in [2.75, 3.05) is 0 Å². The van der Waals surface area contributed by atoms with Gasteiger partial charge in [0.05, 0.1) is 23.7 Å². The molecule has 2 heterocycles. The van der Waals surface area contributed by atoms with Crippen LogP contribution in [0.5, 0.6) is 0 Å². The highest BCUT2D eigenvalue weighted by atomic mass is 32.2. The fourth-order valence-corrected chi connectivity index (χ4v) is 3.34. The lowest BCUT2D eigenvalue weighted by atomic mass is 10.3. The lowest BCUT2D eigenvalue weighted by Crippen LogP contribution is -2.22. The van der Waals surface area contributed by atoms with Crippen LogP contribution >= 0.6 is 0 Å². The Balaban J connectivity index is 1.51. The molecular weight excluding hydrogens is 378 g/mol. The molecule has 0 unspecified atom stereocenters. The van der Waals surface area contributed by atoms with Gasteiger partial charge in [-0.05, 0) is 42.5 Å². The van der Waals surface area contributed by atoms with Crippen molar-refractivity contribution in [3.63, 3.8) is 0 Å². The van der Waals surface area contributed by atoms with Gasteiger partial charge in [-0.2, -0.15) is 0 Å². The zero-order valence-electron chi connectivity index (χ0n) is 14.9. The lowest BCUT2D eigenvalue weighted by molar-refractivity contribution is -0.116. The third-order valence-electron chi connectivity index (χ3n) is 3.74. The molecule has 0 atom stereocenters. The van der Waals surface area contributed by atoms with Crippen molar-refractivity contribution in [2.24, 2.45) is 0 Å². The summed E-state index contributed by atoms with van der Waals surface area (Å²) in [4.78, 5) is 16.2. The normalized spacial score (nSPS) is 11.6. The summed E-state index contributed by atoms with van der Waals surface area (Å²) in [6.45, 7) is 0.339. The van der Waals surface area contributed by atoms with Crippen LogP contribution in [0.4, 0.5) is 0 Å². The molecule has 3 rings (SSSR count). The zero-order chi connectivity index (χ0) is 19.8. The molecule has 0 aliphatic heterocycles. The van der Waals surface area contributed by atoms with Gasteiger partial charge in [0.1, 0.15) is 11.5 Å². The molecule has 1 amide bonds. The molecule has 3 aromatic rings. The minimum absolute atomic E-state index is 0.0109. The molecule has 0 saturated carbocycles. The first-order valence-corrected chi connectivity index (χ1v) is 10.0. The summed E-state index contributed by atoms with van der Waals surface area (Å²) in [5.74, 6) is 0.600. The maximum Gasteiger partial charge on any atom is 0.244 e. The van der Waals surface area contributed by atoms with E-state index in [2.05, 4.69) is 15.0 Å². The smallest absolute Gasteiger partial charge is 0.244 e. The highest BCUT2D eigenvalue weighted by Gasteiger charge is 2.13. The second-order valence-electron chi connectivity index (χ2n) is 5.81. The first kappa shape index (κ1) is 19.5. The van der Waals surface area contributed by atoms with Crippen molar-refractivity contribution in [1.82, 2.24) is 15.0 Å². The summed E-state index contributed by atoms with van der Waals surface area (Å²) in [7, 11) is -3.61. The molecule has 0 aliphatic rings. The van der Waals surface area contributed by atoms with E-state index in [-0.39, 0.29) is 17.3 Å². The third-order valence-corrected chi connectivity index (χ3v) is 5.16. The van der Waals surface area contributed by atoms with E-state index in [4.69, 9.17) is 4.42 Å². The number of hydrogen-bond acceptors (Lipinski definition) is 5. The number of furan rings is 1. The Morgan fingerprint density at radius 3 is 2.54 bits per heavy atom. The molecule has 0 aliphatic carbocycles. The van der Waals surface area contributed by atoms with E-state index >= 15 is 0 Å². The fourth-order valence-electron chi connectivity index (χ4n) is 2.33. The van der Waals surface area contributed by atoms with Crippen LogP contribution in [-0.4, -0.2) is 19.3 Å². The summed E-state index contributed by atoms with van der Waals surface area (Å²) in [5, 5.41) is 2.72. The third kappa shape index (κ3) is 5.63. The standard InChI is InChI=1S/C20H19N3O4S/c24-20(22-14-16-6-4-5-13-21-16)12-11-17-9-10-18(27-17)15-23-28(25,26)19-7-2-1-3-8-19/h1-13,23H,14-15H2,(H,22,24)/b12-11+. The number of carbonyl (C=O) groups is 1. The number of hydrogen-bond donors (Lipinski definition) is 2. The molecule has 0 fully saturated rings. The lowest BCUT2D eigenvalue weighted by Gasteiger charge is -2.04. The van der Waals surface area contributed by atoms with Gasteiger partial charge in [0.2, 0.25) is 15.9 Å². The van der Waals surface area contributed by atoms with Gasteiger partial charge in [0.15, 0.2) is 0 Å². The predicted octanol–water partition coefficient (Wildman–Crippen LogP) is 2.48. The first-order chi connectivity index (χ1) is 13.5. The number of carbonyl (C=O) groups excluding carboxylic acids is 1. The number of pyridine rings is 1. The van der Waals surface area contributed by atoms with E-state index in [1.165, 1.54) is 24.3 Å². The molecule has 2 N–H and O–H groups in total. The second kappa shape index (κ2) is 9.12. The summed E-state index contributed by atoms with van der Waals surface area (Å²) in [6, 6.07) is 16.9. The van der Waals surface area contributed by atoms with Crippen molar-refractivity contribution in [1.29, 1.82) is 0 Å². The molecule has 0 spiro atoms. The van der Waals surface area contributed by atoms with E-state index < -0.39 is 10.0 Å². The van der Waals surface area contributed by atoms with Crippen molar-refractivity contribution >= 4 is 22.0 Å². The molecule has 2 aromatic heterocycles. The van der Waals surface area contributed by atoms with E-state index in [9.17, 15) is 13.2 Å². The number of benzene rings is 1. The van der Waals surface area contributed by atoms with Gasteiger partial charge in [0, 0.05) is 12.3 Å². The molecule has 1 aromatic carbocycles. The summed E-state index contributed by atoms with van der Waals surface area (Å²) in [6.07, 6.45) is 4.52. The Bertz CT molecular complexity index is 1050. The summed E-state index contributed by atoms with van der Waals surface area (Å²) < 4.78 is 32.4. The Morgan fingerprint density at radius 1 is 1.00 bits per heavy atom. The van der Waals surface area contributed by atoms with Crippen molar-refractivity contribution in [3.8, 4) is 0 Å². The molecule has 144 valence electrons. The topological polar surface area (TPSA) is 101 Å². The maximum absolute atomic E-state index is 12.2. The van der Waals surface area contributed by atoms with Crippen molar-refractivity contribution in [2.45, 2.75) is 18.0 Å². The van der Waals surface area contributed by atoms with Crippen LogP contribution in [-0.2, 0) is 27.9 Å². The highest BCUT2D eigenvalue weighted by Crippen LogP contribution is 2.12. The van der Waals surface area contributed by atoms with Crippen LogP contribution in [0.2, 0.25) is 0 Å². The van der Waals surface area contributed by atoms with Crippen LogP contribution in [0.1, 0.15) is 17.2 Å². The van der Waals surface area contributed by atoms with Crippen LogP contribution in [0.3, 0.4) is 0 Å². The molecule has 8 heteroatoms. The van der Waals surface area contributed by atoms with Gasteiger partial charge in [-0.25, -0.2) is 13.1 Å². The summed E-state index contributed by atoms with van der Waals surface area (Å²) in [5.41, 5.74) is 0.759. The van der Waals surface area contributed by atoms with Crippen LogP contribution in [0.25, 0.3) is 6.08 Å². The fraction of sp³-hybridized carbons (Fsp3) is 0.100. The van der Waals surface area contributed by atoms with E-state index in [0.29, 0.717) is 18.1 Å². The van der Waals surface area contributed by atoms with E-state index in [1.807, 2.05) is 12.1 Å². The molecular formula is C20H19N3O4S. The minimum Gasteiger partial charge on any atom is -0.460 e. The van der Waals surface area contributed by atoms with Crippen LogP contribution < -0.4 is 10.0 Å². The van der Waals surface area contributed by atoms with Crippen LogP contribution in [0, 0.1) is 0 Å². The SMILES string of the molecule is O=C(/C=C/c1ccc(CNS(=O)(=O)c2ccccc2)o1)NCc1ccccn1. The summed E-state index contributed by atoms with van der Waals surface area (Å²) >= 11 is 0. The minimum atomic E-state index is -3.61. The van der Waals surface area contributed by atoms with Gasteiger partial charge in [-0.1, -0.05) is 24.3 Å². The largest absolute Gasteiger partial charge is 0.460 e. The Morgan fingerprint density at radius 2 is 1.79 bits per heavy atom. The van der Waals surface area contributed by atoms with Gasteiger partial charge in [0.25, 0.3) is 0 Å². The van der Waals surface area contributed by atoms with Crippen LogP contribution in [0.15, 0.2) is 82.2 Å². The number of aromatic nitrogens is 1. The quantitative estimate of drug-likeness (QED) is 0.569. The van der Waals surface area contributed by atoms with E-state index in [1.54, 1.807) is 42.6 Å². The number of amides is 1. The highest BCUT2D eigenvalue weighted by molar-refractivity contribution is 7.89.